The molecule has 0 saturated carbocycles. The molecule has 0 radical (unpaired) electrons. The third kappa shape index (κ3) is 4.23. The molecular weight excluding hydrogens is 531 g/mol. The largest absolute Gasteiger partial charge is 0.302 e. The fourth-order valence-electron chi connectivity index (χ4n) is 5.43. The number of amides is 1. The van der Waals surface area contributed by atoms with E-state index in [0.29, 0.717) is 18.0 Å². The number of benzene rings is 3. The van der Waals surface area contributed by atoms with Gasteiger partial charge in [0, 0.05) is 30.6 Å². The lowest BCUT2D eigenvalue weighted by Crippen LogP contribution is -2.41. The summed E-state index contributed by atoms with van der Waals surface area (Å²) >= 11 is 1.46. The second-order valence-electron chi connectivity index (χ2n) is 9.63. The van der Waals surface area contributed by atoms with E-state index in [1.807, 2.05) is 0 Å². The fourth-order valence-corrected chi connectivity index (χ4v) is 9.45. The predicted molar refractivity (Wildman–Crippen MR) is 144 cm³/mol. The third-order valence-corrected chi connectivity index (χ3v) is 11.4. The summed E-state index contributed by atoms with van der Waals surface area (Å²) in [4.78, 5) is 17.4. The van der Waals surface area contributed by atoms with E-state index in [-0.39, 0.29) is 34.7 Å². The Balaban J connectivity index is 1.18. The minimum absolute atomic E-state index is 0.134. The number of nitrogens with one attached hydrogen (secondary N) is 1. The Morgan fingerprint density at radius 1 is 0.973 bits per heavy atom. The summed E-state index contributed by atoms with van der Waals surface area (Å²) in [5.74, 6) is -0.536. The molecule has 0 atom stereocenters. The number of carbonyl (C=O) groups excluding carboxylic acids is 1. The Labute approximate surface area is 219 Å². The van der Waals surface area contributed by atoms with Gasteiger partial charge in [-0.2, -0.15) is 4.31 Å². The lowest BCUT2D eigenvalue weighted by molar-refractivity contribution is -0.120. The molecule has 1 fully saturated rings. The van der Waals surface area contributed by atoms with Gasteiger partial charge in [-0.15, -0.1) is 0 Å². The fraction of sp³-hybridized carbons (Fsp3) is 0.308. The van der Waals surface area contributed by atoms with Gasteiger partial charge in [0.25, 0.3) is 0 Å². The quantitative estimate of drug-likeness (QED) is 0.398. The highest BCUT2D eigenvalue weighted by Crippen LogP contribution is 2.39. The van der Waals surface area contributed by atoms with Gasteiger partial charge in [0.15, 0.2) is 15.0 Å². The number of aromatic nitrogens is 1. The van der Waals surface area contributed by atoms with Crippen LogP contribution in [0.4, 0.5) is 5.13 Å². The number of sulfonamides is 1. The van der Waals surface area contributed by atoms with Crippen LogP contribution in [0.1, 0.15) is 24.0 Å². The van der Waals surface area contributed by atoms with E-state index >= 15 is 0 Å². The number of aryl methyl sites for hydroxylation is 2. The number of piperidine rings is 1. The molecule has 0 unspecified atom stereocenters. The number of fused-ring (bicyclic) bond motifs is 2. The number of sulfone groups is 1. The number of hydrogen-bond donors (Lipinski definition) is 1. The third-order valence-electron chi connectivity index (χ3n) is 7.27. The highest BCUT2D eigenvalue weighted by atomic mass is 32.2. The van der Waals surface area contributed by atoms with Gasteiger partial charge in [-0.3, -0.25) is 4.79 Å². The summed E-state index contributed by atoms with van der Waals surface area (Å²) in [6, 6.07) is 14.1. The zero-order valence-corrected chi connectivity index (χ0v) is 22.5. The number of nitrogens with zero attached hydrogens (tertiary/aromatic N) is 2. The summed E-state index contributed by atoms with van der Waals surface area (Å²) in [7, 11) is -7.73. The first-order chi connectivity index (χ1) is 17.6. The second kappa shape index (κ2) is 8.87. The molecule has 6 rings (SSSR count). The van der Waals surface area contributed by atoms with Crippen LogP contribution < -0.4 is 5.32 Å². The first-order valence-corrected chi connectivity index (χ1v) is 16.2. The van der Waals surface area contributed by atoms with Gasteiger partial charge in [-0.1, -0.05) is 41.7 Å². The Morgan fingerprint density at radius 3 is 2.41 bits per heavy atom. The Kier molecular flexibility index (Phi) is 5.86. The van der Waals surface area contributed by atoms with E-state index in [1.165, 1.54) is 56.4 Å². The summed E-state index contributed by atoms with van der Waals surface area (Å²) in [6.07, 6.45) is 3.73. The lowest BCUT2D eigenvalue weighted by atomic mass is 9.97. The van der Waals surface area contributed by atoms with Crippen molar-refractivity contribution in [2.24, 2.45) is 5.92 Å². The average molecular weight is 556 g/mol. The second-order valence-corrected chi connectivity index (χ2v) is 14.5. The van der Waals surface area contributed by atoms with Crippen LogP contribution in [0.25, 0.3) is 21.0 Å². The van der Waals surface area contributed by atoms with Crippen molar-refractivity contribution >= 4 is 63.2 Å². The molecule has 3 aromatic carbocycles. The van der Waals surface area contributed by atoms with Gasteiger partial charge >= 0.3 is 0 Å². The van der Waals surface area contributed by atoms with Crippen LogP contribution >= 0.6 is 11.3 Å². The molecule has 1 aliphatic heterocycles. The highest BCUT2D eigenvalue weighted by molar-refractivity contribution is 7.93. The van der Waals surface area contributed by atoms with Crippen LogP contribution in [-0.4, -0.2) is 51.4 Å². The molecule has 1 N–H and O–H groups in total. The zero-order chi connectivity index (χ0) is 25.9. The Hall–Kier alpha value is -2.86. The smallest absolute Gasteiger partial charge is 0.244 e. The molecule has 1 amide bonds. The maximum absolute atomic E-state index is 13.2. The van der Waals surface area contributed by atoms with E-state index in [0.717, 1.165) is 34.7 Å². The summed E-state index contributed by atoms with van der Waals surface area (Å²) in [5.41, 5.74) is 3.56. The Morgan fingerprint density at radius 2 is 1.68 bits per heavy atom. The highest BCUT2D eigenvalue weighted by Gasteiger charge is 2.35. The molecule has 0 bridgehead atoms. The number of carbonyl (C=O) groups is 1. The first kappa shape index (κ1) is 24.5. The molecule has 2 aliphatic rings. The van der Waals surface area contributed by atoms with E-state index < -0.39 is 19.9 Å². The molecule has 0 spiro atoms. The maximum Gasteiger partial charge on any atom is 0.244 e. The maximum atomic E-state index is 13.2. The molecule has 8 nitrogen and oxygen atoms in total. The number of hydrogen-bond acceptors (Lipinski definition) is 7. The van der Waals surface area contributed by atoms with Crippen molar-refractivity contribution in [3.05, 3.63) is 59.7 Å². The van der Waals surface area contributed by atoms with E-state index in [2.05, 4.69) is 29.6 Å². The molecule has 11 heteroatoms. The average Bonchev–Trinajstić information content (AvgIpc) is 3.48. The van der Waals surface area contributed by atoms with Gasteiger partial charge in [0.2, 0.25) is 15.9 Å². The minimum atomic E-state index is -4.01. The van der Waals surface area contributed by atoms with Crippen molar-refractivity contribution in [1.29, 1.82) is 0 Å². The zero-order valence-electron chi connectivity index (χ0n) is 20.1. The van der Waals surface area contributed by atoms with Gasteiger partial charge in [-0.05, 0) is 60.4 Å². The molecule has 1 saturated heterocycles. The normalized spacial score (nSPS) is 17.0. The molecule has 1 aliphatic carbocycles. The van der Waals surface area contributed by atoms with Crippen molar-refractivity contribution in [3.8, 4) is 0 Å². The minimum Gasteiger partial charge on any atom is -0.302 e. The van der Waals surface area contributed by atoms with Gasteiger partial charge in [-0.25, -0.2) is 21.8 Å². The molecule has 192 valence electrons. The van der Waals surface area contributed by atoms with E-state index in [1.54, 1.807) is 0 Å². The molecule has 1 aromatic heterocycles. The van der Waals surface area contributed by atoms with Crippen molar-refractivity contribution in [2.75, 3.05) is 24.7 Å². The number of anilines is 1. The van der Waals surface area contributed by atoms with Crippen LogP contribution in [0.15, 0.2) is 58.3 Å². The van der Waals surface area contributed by atoms with E-state index in [4.69, 9.17) is 4.98 Å². The number of thiazole rings is 1. The van der Waals surface area contributed by atoms with E-state index in [9.17, 15) is 21.6 Å². The number of rotatable bonds is 5. The SMILES string of the molecule is CS(=O)(=O)c1ccccc1S(=O)(=O)N1CCC(C(=O)Nc2nc3c(cc4c5c(cccc53)CC4)s2)CC1. The van der Waals surface area contributed by atoms with Gasteiger partial charge in [0.1, 0.15) is 4.90 Å². The first-order valence-electron chi connectivity index (χ1n) is 12.1. The summed E-state index contributed by atoms with van der Waals surface area (Å²) in [5, 5.41) is 5.90. The lowest BCUT2D eigenvalue weighted by Gasteiger charge is -2.30. The molecule has 4 aromatic rings. The van der Waals surface area contributed by atoms with Crippen molar-refractivity contribution in [2.45, 2.75) is 35.5 Å². The summed E-state index contributed by atoms with van der Waals surface area (Å²) in [6.45, 7) is 0.268. The molecule has 2 heterocycles. The standard InChI is InChI=1S/C26H25N3O5S3/c1-36(31,32)21-7-2-3-8-22(21)37(33,34)29-13-11-17(12-14-29)25(30)28-26-27-24-19-6-4-5-16-9-10-18(23(16)19)15-20(24)35-26/h2-8,15,17H,9-14H2,1H3,(H,27,28,30). The monoisotopic (exact) mass is 555 g/mol. The van der Waals surface area contributed by atoms with Crippen LogP contribution in [0, 0.1) is 5.92 Å². The van der Waals surface area contributed by atoms with Crippen LogP contribution in [0.5, 0.6) is 0 Å². The van der Waals surface area contributed by atoms with Crippen LogP contribution in [0.2, 0.25) is 0 Å². The summed E-state index contributed by atoms with van der Waals surface area (Å²) < 4.78 is 53.1. The Bertz CT molecular complexity index is 1790. The van der Waals surface area contributed by atoms with Crippen molar-refractivity contribution in [1.82, 2.24) is 9.29 Å². The topological polar surface area (TPSA) is 114 Å². The van der Waals surface area contributed by atoms with Crippen molar-refractivity contribution < 1.29 is 21.6 Å². The molecule has 37 heavy (non-hydrogen) atoms. The predicted octanol–water partition coefficient (Wildman–Crippen LogP) is 3.99. The van der Waals surface area contributed by atoms with Crippen molar-refractivity contribution in [3.63, 3.8) is 0 Å². The van der Waals surface area contributed by atoms with Crippen LogP contribution in [0.3, 0.4) is 0 Å². The van der Waals surface area contributed by atoms with Gasteiger partial charge < -0.3 is 5.32 Å². The van der Waals surface area contributed by atoms with Gasteiger partial charge in [0.05, 0.1) is 15.1 Å². The van der Waals surface area contributed by atoms with Crippen LogP contribution in [-0.2, 0) is 37.5 Å². The molecular formula is C26H25N3O5S3.